The van der Waals surface area contributed by atoms with E-state index >= 15 is 0 Å². The highest BCUT2D eigenvalue weighted by atomic mass is 16.5. The molecule has 1 fully saturated rings. The number of hydrogen-bond donors (Lipinski definition) is 2. The lowest BCUT2D eigenvalue weighted by atomic mass is 9.98. The number of anilines is 1. The van der Waals surface area contributed by atoms with E-state index in [0.717, 1.165) is 17.0 Å². The van der Waals surface area contributed by atoms with Crippen LogP contribution >= 0.6 is 0 Å². The van der Waals surface area contributed by atoms with Crippen LogP contribution in [0.3, 0.4) is 0 Å². The molecule has 20 heavy (non-hydrogen) atoms. The van der Waals surface area contributed by atoms with Crippen LogP contribution in [0.2, 0.25) is 0 Å². The summed E-state index contributed by atoms with van der Waals surface area (Å²) in [6, 6.07) is 5.59. The van der Waals surface area contributed by atoms with Crippen LogP contribution < -0.4 is 15.4 Å². The number of piperidine rings is 1. The van der Waals surface area contributed by atoms with Crippen molar-refractivity contribution in [3.63, 3.8) is 0 Å². The Morgan fingerprint density at radius 3 is 2.90 bits per heavy atom. The number of ether oxygens (including phenoxy) is 1. The molecule has 0 aromatic heterocycles. The number of hydrogen-bond acceptors (Lipinski definition) is 3. The summed E-state index contributed by atoms with van der Waals surface area (Å²) in [7, 11) is 0. The average Bonchev–Trinajstić information content (AvgIpc) is 2.43. The van der Waals surface area contributed by atoms with E-state index in [0.29, 0.717) is 26.0 Å². The van der Waals surface area contributed by atoms with Gasteiger partial charge in [0.2, 0.25) is 11.8 Å². The van der Waals surface area contributed by atoms with Crippen LogP contribution in [0.5, 0.6) is 5.75 Å². The first kappa shape index (κ1) is 14.4. The van der Waals surface area contributed by atoms with Gasteiger partial charge in [-0.1, -0.05) is 0 Å². The van der Waals surface area contributed by atoms with E-state index < -0.39 is 0 Å². The molecular weight excluding hydrogens is 256 g/mol. The SMILES string of the molecule is CCOc1ccc(NC(=O)C2CCC(=O)NC2)c(C)c1. The number of rotatable bonds is 4. The minimum absolute atomic E-state index is 0.0197. The van der Waals surface area contributed by atoms with Crippen LogP contribution in [0.15, 0.2) is 18.2 Å². The van der Waals surface area contributed by atoms with E-state index in [-0.39, 0.29) is 17.7 Å². The predicted molar refractivity (Wildman–Crippen MR) is 76.7 cm³/mol. The van der Waals surface area contributed by atoms with E-state index in [9.17, 15) is 9.59 Å². The van der Waals surface area contributed by atoms with Crippen LogP contribution in [0.25, 0.3) is 0 Å². The zero-order chi connectivity index (χ0) is 14.5. The number of carbonyl (C=O) groups is 2. The maximum atomic E-state index is 12.1. The van der Waals surface area contributed by atoms with Crippen molar-refractivity contribution < 1.29 is 14.3 Å². The Morgan fingerprint density at radius 2 is 2.30 bits per heavy atom. The van der Waals surface area contributed by atoms with Gasteiger partial charge in [-0.3, -0.25) is 9.59 Å². The second-order valence-electron chi connectivity index (χ2n) is 4.94. The van der Waals surface area contributed by atoms with Crippen molar-refractivity contribution in [2.24, 2.45) is 5.92 Å². The topological polar surface area (TPSA) is 67.4 Å². The van der Waals surface area contributed by atoms with Crippen LogP contribution in [-0.2, 0) is 9.59 Å². The number of nitrogens with one attached hydrogen (secondary N) is 2. The van der Waals surface area contributed by atoms with Crippen molar-refractivity contribution >= 4 is 17.5 Å². The summed E-state index contributed by atoms with van der Waals surface area (Å²) in [5, 5.41) is 5.64. The van der Waals surface area contributed by atoms with Crippen LogP contribution in [0, 0.1) is 12.8 Å². The van der Waals surface area contributed by atoms with Gasteiger partial charge in [-0.15, -0.1) is 0 Å². The molecule has 0 spiro atoms. The quantitative estimate of drug-likeness (QED) is 0.882. The van der Waals surface area contributed by atoms with Crippen LogP contribution in [-0.4, -0.2) is 25.0 Å². The number of carbonyl (C=O) groups excluding carboxylic acids is 2. The highest BCUT2D eigenvalue weighted by Crippen LogP contribution is 2.22. The Balaban J connectivity index is 1.99. The molecular formula is C15H20N2O3. The molecule has 1 saturated heterocycles. The van der Waals surface area contributed by atoms with Gasteiger partial charge in [-0.05, 0) is 44.0 Å². The summed E-state index contributed by atoms with van der Waals surface area (Å²) in [5.41, 5.74) is 1.75. The number of amides is 2. The summed E-state index contributed by atoms with van der Waals surface area (Å²) < 4.78 is 5.41. The Morgan fingerprint density at radius 1 is 1.50 bits per heavy atom. The molecule has 2 amide bonds. The molecule has 1 heterocycles. The predicted octanol–water partition coefficient (Wildman–Crippen LogP) is 1.86. The van der Waals surface area contributed by atoms with Crippen molar-refractivity contribution in [1.29, 1.82) is 0 Å². The van der Waals surface area contributed by atoms with Crippen molar-refractivity contribution in [1.82, 2.24) is 5.32 Å². The Labute approximate surface area is 118 Å². The first-order valence-corrected chi connectivity index (χ1v) is 6.91. The molecule has 0 bridgehead atoms. The smallest absolute Gasteiger partial charge is 0.229 e. The molecule has 0 saturated carbocycles. The van der Waals surface area contributed by atoms with E-state index in [2.05, 4.69) is 10.6 Å². The minimum Gasteiger partial charge on any atom is -0.494 e. The lowest BCUT2D eigenvalue weighted by Crippen LogP contribution is -2.40. The first-order valence-electron chi connectivity index (χ1n) is 6.91. The monoisotopic (exact) mass is 276 g/mol. The van der Waals surface area contributed by atoms with Gasteiger partial charge in [0.05, 0.1) is 12.5 Å². The summed E-state index contributed by atoms with van der Waals surface area (Å²) in [4.78, 5) is 23.2. The Hall–Kier alpha value is -2.04. The normalized spacial score (nSPS) is 18.3. The van der Waals surface area contributed by atoms with Gasteiger partial charge in [0.1, 0.15) is 5.75 Å². The van der Waals surface area contributed by atoms with Crippen molar-refractivity contribution in [3.05, 3.63) is 23.8 Å². The fourth-order valence-electron chi connectivity index (χ4n) is 2.22. The summed E-state index contributed by atoms with van der Waals surface area (Å²) in [6.07, 6.45) is 1.02. The molecule has 1 aliphatic rings. The molecule has 1 aromatic carbocycles. The molecule has 0 aliphatic carbocycles. The highest BCUT2D eigenvalue weighted by Gasteiger charge is 2.24. The Kier molecular flexibility index (Phi) is 4.61. The fraction of sp³-hybridized carbons (Fsp3) is 0.467. The summed E-state index contributed by atoms with van der Waals surface area (Å²) in [5.74, 6) is 0.621. The molecule has 1 atom stereocenters. The van der Waals surface area contributed by atoms with Gasteiger partial charge in [0.15, 0.2) is 0 Å². The lowest BCUT2D eigenvalue weighted by molar-refractivity contribution is -0.126. The van der Waals surface area contributed by atoms with Crippen LogP contribution in [0.4, 0.5) is 5.69 Å². The molecule has 2 N–H and O–H groups in total. The highest BCUT2D eigenvalue weighted by molar-refractivity contribution is 5.94. The largest absolute Gasteiger partial charge is 0.494 e. The fourth-order valence-corrected chi connectivity index (χ4v) is 2.22. The van der Waals surface area contributed by atoms with Crippen LogP contribution in [0.1, 0.15) is 25.3 Å². The molecule has 0 radical (unpaired) electrons. The van der Waals surface area contributed by atoms with E-state index in [1.54, 1.807) is 0 Å². The van der Waals surface area contributed by atoms with E-state index in [4.69, 9.17) is 4.74 Å². The molecule has 5 nitrogen and oxygen atoms in total. The summed E-state index contributed by atoms with van der Waals surface area (Å²) in [6.45, 7) is 4.90. The van der Waals surface area contributed by atoms with Crippen molar-refractivity contribution in [2.75, 3.05) is 18.5 Å². The maximum absolute atomic E-state index is 12.1. The molecule has 108 valence electrons. The maximum Gasteiger partial charge on any atom is 0.229 e. The van der Waals surface area contributed by atoms with Crippen molar-refractivity contribution in [3.8, 4) is 5.75 Å². The van der Waals surface area contributed by atoms with Gasteiger partial charge in [0.25, 0.3) is 0 Å². The summed E-state index contributed by atoms with van der Waals surface area (Å²) >= 11 is 0. The zero-order valence-corrected chi connectivity index (χ0v) is 11.9. The zero-order valence-electron chi connectivity index (χ0n) is 11.9. The second kappa shape index (κ2) is 6.41. The Bertz CT molecular complexity index is 504. The average molecular weight is 276 g/mol. The molecule has 1 aromatic rings. The van der Waals surface area contributed by atoms with E-state index in [1.807, 2.05) is 32.0 Å². The molecule has 1 unspecified atom stereocenters. The van der Waals surface area contributed by atoms with Gasteiger partial charge >= 0.3 is 0 Å². The second-order valence-corrected chi connectivity index (χ2v) is 4.94. The standard InChI is InChI=1S/C15H20N2O3/c1-3-20-12-5-6-13(10(2)8-12)17-15(19)11-4-7-14(18)16-9-11/h5-6,8,11H,3-4,7,9H2,1-2H3,(H,16,18)(H,17,19). The third-order valence-electron chi connectivity index (χ3n) is 3.40. The van der Waals surface area contributed by atoms with Gasteiger partial charge in [-0.25, -0.2) is 0 Å². The lowest BCUT2D eigenvalue weighted by Gasteiger charge is -2.22. The molecule has 2 rings (SSSR count). The molecule has 5 heteroatoms. The first-order chi connectivity index (χ1) is 9.60. The van der Waals surface area contributed by atoms with Gasteiger partial charge < -0.3 is 15.4 Å². The third-order valence-corrected chi connectivity index (χ3v) is 3.40. The van der Waals surface area contributed by atoms with E-state index in [1.165, 1.54) is 0 Å². The van der Waals surface area contributed by atoms with Gasteiger partial charge in [0, 0.05) is 18.7 Å². The minimum atomic E-state index is -0.154. The van der Waals surface area contributed by atoms with Crippen molar-refractivity contribution in [2.45, 2.75) is 26.7 Å². The number of benzene rings is 1. The molecule has 1 aliphatic heterocycles. The van der Waals surface area contributed by atoms with Gasteiger partial charge in [-0.2, -0.15) is 0 Å². The third kappa shape index (κ3) is 3.50. The number of aryl methyl sites for hydroxylation is 1.